The van der Waals surface area contributed by atoms with Gasteiger partial charge in [-0.15, -0.1) is 0 Å². The lowest BCUT2D eigenvalue weighted by atomic mass is 10.2. The molecule has 21 heavy (non-hydrogen) atoms. The zero-order valence-corrected chi connectivity index (χ0v) is 11.6. The van der Waals surface area contributed by atoms with Crippen LogP contribution in [0.3, 0.4) is 0 Å². The summed E-state index contributed by atoms with van der Waals surface area (Å²) < 4.78 is 17.9. The molecule has 1 aromatic carbocycles. The highest BCUT2D eigenvalue weighted by molar-refractivity contribution is 5.93. The van der Waals surface area contributed by atoms with E-state index in [-0.39, 0.29) is 30.5 Å². The minimum absolute atomic E-state index is 0.0514. The first kappa shape index (κ1) is 15.2. The van der Waals surface area contributed by atoms with Gasteiger partial charge in [-0.2, -0.15) is 0 Å². The molecule has 0 aromatic heterocycles. The maximum atomic E-state index is 12.9. The van der Waals surface area contributed by atoms with Crippen molar-refractivity contribution in [1.29, 1.82) is 0 Å². The molecule has 0 aliphatic carbocycles. The Balaban J connectivity index is 1.75. The van der Waals surface area contributed by atoms with E-state index in [2.05, 4.69) is 5.32 Å². The molecule has 1 aliphatic rings. The maximum Gasteiger partial charge on any atom is 0.248 e. The number of amides is 2. The second kappa shape index (κ2) is 7.03. The van der Waals surface area contributed by atoms with E-state index in [9.17, 15) is 14.0 Å². The predicted molar refractivity (Wildman–Crippen MR) is 76.1 cm³/mol. The highest BCUT2D eigenvalue weighted by Crippen LogP contribution is 2.19. The van der Waals surface area contributed by atoms with Crippen LogP contribution < -0.4 is 11.1 Å². The topological polar surface area (TPSA) is 84.7 Å². The molecule has 1 heterocycles. The van der Waals surface area contributed by atoms with Crippen LogP contribution in [0, 0.1) is 5.82 Å². The number of anilines is 2. The van der Waals surface area contributed by atoms with Crippen LogP contribution in [-0.2, 0) is 14.3 Å². The first-order valence-corrected chi connectivity index (χ1v) is 6.76. The van der Waals surface area contributed by atoms with Gasteiger partial charge < -0.3 is 20.7 Å². The highest BCUT2D eigenvalue weighted by Gasteiger charge is 2.18. The Labute approximate surface area is 122 Å². The second-order valence-electron chi connectivity index (χ2n) is 4.82. The van der Waals surface area contributed by atoms with Crippen molar-refractivity contribution in [3.63, 3.8) is 0 Å². The number of nitrogen functional groups attached to an aromatic ring is 1. The van der Waals surface area contributed by atoms with E-state index in [1.54, 1.807) is 4.90 Å². The van der Waals surface area contributed by atoms with E-state index in [1.807, 2.05) is 0 Å². The molecular weight excluding hydrogens is 277 g/mol. The number of benzene rings is 1. The van der Waals surface area contributed by atoms with Gasteiger partial charge in [0.15, 0.2) is 0 Å². The zero-order chi connectivity index (χ0) is 15.2. The Kier molecular flexibility index (Phi) is 5.10. The fourth-order valence-corrected chi connectivity index (χ4v) is 2.08. The Morgan fingerprint density at radius 1 is 1.48 bits per heavy atom. The van der Waals surface area contributed by atoms with Crippen LogP contribution in [0.1, 0.15) is 12.8 Å². The standard InChI is InChI=1S/C14H18FN3O3/c15-10-3-4-12(11(16)8-10)17-13(19)2-1-5-18-6-7-21-9-14(18)20/h3-4,8H,1-2,5-7,9,16H2,(H,17,19). The molecule has 114 valence electrons. The molecule has 0 bridgehead atoms. The Hall–Kier alpha value is -2.15. The number of nitrogens with one attached hydrogen (secondary N) is 1. The average molecular weight is 295 g/mol. The second-order valence-corrected chi connectivity index (χ2v) is 4.82. The lowest BCUT2D eigenvalue weighted by molar-refractivity contribution is -0.142. The van der Waals surface area contributed by atoms with E-state index < -0.39 is 5.82 Å². The van der Waals surface area contributed by atoms with Crippen molar-refractivity contribution in [2.45, 2.75) is 12.8 Å². The van der Waals surface area contributed by atoms with E-state index in [0.29, 0.717) is 31.8 Å². The molecule has 0 unspecified atom stereocenters. The number of carbonyl (C=O) groups is 2. The number of nitrogens with two attached hydrogens (primary N) is 1. The van der Waals surface area contributed by atoms with Gasteiger partial charge in [0.25, 0.3) is 0 Å². The lowest BCUT2D eigenvalue weighted by Gasteiger charge is -2.26. The predicted octanol–water partition coefficient (Wildman–Crippen LogP) is 0.985. The summed E-state index contributed by atoms with van der Waals surface area (Å²) in [5, 5.41) is 2.63. The van der Waals surface area contributed by atoms with Crippen molar-refractivity contribution in [3.05, 3.63) is 24.0 Å². The van der Waals surface area contributed by atoms with Crippen molar-refractivity contribution >= 4 is 23.2 Å². The first-order valence-electron chi connectivity index (χ1n) is 6.76. The van der Waals surface area contributed by atoms with Gasteiger partial charge in [0.1, 0.15) is 12.4 Å². The number of carbonyl (C=O) groups excluding carboxylic acids is 2. The number of ether oxygens (including phenoxy) is 1. The van der Waals surface area contributed by atoms with E-state index in [4.69, 9.17) is 10.5 Å². The molecule has 1 aliphatic heterocycles. The van der Waals surface area contributed by atoms with Crippen LogP contribution >= 0.6 is 0 Å². The fraction of sp³-hybridized carbons (Fsp3) is 0.429. The minimum atomic E-state index is -0.448. The molecular formula is C14H18FN3O3. The fourth-order valence-electron chi connectivity index (χ4n) is 2.08. The molecule has 1 saturated heterocycles. The van der Waals surface area contributed by atoms with Crippen LogP contribution in [0.2, 0.25) is 0 Å². The number of nitrogens with zero attached hydrogens (tertiary/aromatic N) is 1. The lowest BCUT2D eigenvalue weighted by Crippen LogP contribution is -2.42. The van der Waals surface area contributed by atoms with Crippen LogP contribution in [0.4, 0.5) is 15.8 Å². The summed E-state index contributed by atoms with van der Waals surface area (Å²) in [5.74, 6) is -0.713. The van der Waals surface area contributed by atoms with Gasteiger partial charge in [0, 0.05) is 19.5 Å². The van der Waals surface area contributed by atoms with E-state index in [1.165, 1.54) is 12.1 Å². The van der Waals surface area contributed by atoms with Crippen molar-refractivity contribution in [3.8, 4) is 0 Å². The van der Waals surface area contributed by atoms with Crippen LogP contribution in [0.25, 0.3) is 0 Å². The third-order valence-electron chi connectivity index (χ3n) is 3.20. The molecule has 3 N–H and O–H groups in total. The molecule has 2 amide bonds. The number of morpholine rings is 1. The van der Waals surface area contributed by atoms with Gasteiger partial charge >= 0.3 is 0 Å². The van der Waals surface area contributed by atoms with Gasteiger partial charge in [0.2, 0.25) is 11.8 Å². The molecule has 0 atom stereocenters. The molecule has 1 aromatic rings. The minimum Gasteiger partial charge on any atom is -0.397 e. The number of hydrogen-bond acceptors (Lipinski definition) is 4. The number of halogens is 1. The molecule has 7 heteroatoms. The van der Waals surface area contributed by atoms with Crippen LogP contribution in [0.5, 0.6) is 0 Å². The third kappa shape index (κ3) is 4.42. The van der Waals surface area contributed by atoms with Crippen molar-refractivity contribution in [1.82, 2.24) is 4.90 Å². The summed E-state index contributed by atoms with van der Waals surface area (Å²) in [5.41, 5.74) is 6.19. The van der Waals surface area contributed by atoms with Gasteiger partial charge in [-0.05, 0) is 24.6 Å². The molecule has 0 spiro atoms. The molecule has 2 rings (SSSR count). The normalized spacial score (nSPS) is 15.1. The molecule has 0 radical (unpaired) electrons. The van der Waals surface area contributed by atoms with Gasteiger partial charge in [-0.1, -0.05) is 0 Å². The van der Waals surface area contributed by atoms with E-state index >= 15 is 0 Å². The Morgan fingerprint density at radius 3 is 3.00 bits per heavy atom. The van der Waals surface area contributed by atoms with Crippen LogP contribution in [-0.4, -0.2) is 43.0 Å². The highest BCUT2D eigenvalue weighted by atomic mass is 19.1. The third-order valence-corrected chi connectivity index (χ3v) is 3.20. The molecule has 6 nitrogen and oxygen atoms in total. The zero-order valence-electron chi connectivity index (χ0n) is 11.6. The Morgan fingerprint density at radius 2 is 2.29 bits per heavy atom. The quantitative estimate of drug-likeness (QED) is 0.793. The summed E-state index contributed by atoms with van der Waals surface area (Å²) in [6, 6.07) is 3.81. The van der Waals surface area contributed by atoms with Crippen molar-refractivity contribution in [2.24, 2.45) is 0 Å². The summed E-state index contributed by atoms with van der Waals surface area (Å²) >= 11 is 0. The Bertz CT molecular complexity index is 536. The molecule has 1 fully saturated rings. The van der Waals surface area contributed by atoms with Crippen LogP contribution in [0.15, 0.2) is 18.2 Å². The van der Waals surface area contributed by atoms with Crippen molar-refractivity contribution < 1.29 is 18.7 Å². The SMILES string of the molecule is Nc1cc(F)ccc1NC(=O)CCCN1CCOCC1=O. The number of hydrogen-bond donors (Lipinski definition) is 2. The van der Waals surface area contributed by atoms with Gasteiger partial charge in [-0.3, -0.25) is 9.59 Å². The molecule has 0 saturated carbocycles. The largest absolute Gasteiger partial charge is 0.397 e. The van der Waals surface area contributed by atoms with E-state index in [0.717, 1.165) is 6.07 Å². The summed E-state index contributed by atoms with van der Waals surface area (Å²) in [6.45, 7) is 1.72. The van der Waals surface area contributed by atoms with Gasteiger partial charge in [-0.25, -0.2) is 4.39 Å². The van der Waals surface area contributed by atoms with Gasteiger partial charge in [0.05, 0.1) is 18.0 Å². The number of rotatable bonds is 5. The maximum absolute atomic E-state index is 12.9. The smallest absolute Gasteiger partial charge is 0.248 e. The summed E-state index contributed by atoms with van der Waals surface area (Å²) in [6.07, 6.45) is 0.820. The monoisotopic (exact) mass is 295 g/mol. The van der Waals surface area contributed by atoms with Crippen molar-refractivity contribution in [2.75, 3.05) is 37.4 Å². The first-order chi connectivity index (χ1) is 10.1. The summed E-state index contributed by atoms with van der Waals surface area (Å²) in [4.78, 5) is 25.0. The average Bonchev–Trinajstić information content (AvgIpc) is 2.44. The summed E-state index contributed by atoms with van der Waals surface area (Å²) in [7, 11) is 0.